The van der Waals surface area contributed by atoms with E-state index in [1.165, 1.54) is 0 Å². The van der Waals surface area contributed by atoms with E-state index in [2.05, 4.69) is 0 Å². The monoisotopic (exact) mass is 266 g/mol. The quantitative estimate of drug-likeness (QED) is 0.717. The molecule has 2 atom stereocenters. The van der Waals surface area contributed by atoms with E-state index < -0.39 is 0 Å². The number of rotatable bonds is 8. The molecular formula is C14H18O5. The number of benzene rings is 1. The number of phenolic OH excluding ortho intramolecular Hbond substituents is 1. The molecule has 0 spiro atoms. The van der Waals surface area contributed by atoms with Crippen molar-refractivity contribution in [3.8, 4) is 5.75 Å². The number of aromatic hydroxyl groups is 1. The minimum Gasteiger partial charge on any atom is -0.508 e. The number of hydrogen-bond acceptors (Lipinski definition) is 5. The topological polar surface area (TPSA) is 63.8 Å². The fourth-order valence-corrected chi connectivity index (χ4v) is 1.85. The van der Waals surface area contributed by atoms with Crippen LogP contribution in [0.5, 0.6) is 5.75 Å². The summed E-state index contributed by atoms with van der Waals surface area (Å²) in [5.41, 5.74) is 1.89. The molecule has 0 aromatic heterocycles. The first-order chi connectivity index (χ1) is 9.29. The Kier molecular flexibility index (Phi) is 3.98. The number of hydrogen-bond donors (Lipinski definition) is 1. The summed E-state index contributed by atoms with van der Waals surface area (Å²) >= 11 is 0. The Labute approximate surface area is 112 Å². The summed E-state index contributed by atoms with van der Waals surface area (Å²) in [6.45, 7) is 3.77. The number of epoxide rings is 2. The zero-order chi connectivity index (χ0) is 13.1. The molecule has 1 aromatic rings. The van der Waals surface area contributed by atoms with Crippen LogP contribution in [0.15, 0.2) is 18.2 Å². The molecule has 2 heterocycles. The van der Waals surface area contributed by atoms with E-state index in [4.69, 9.17) is 18.9 Å². The van der Waals surface area contributed by atoms with Gasteiger partial charge in [0.1, 0.15) is 18.0 Å². The molecule has 19 heavy (non-hydrogen) atoms. The molecule has 3 rings (SSSR count). The van der Waals surface area contributed by atoms with Gasteiger partial charge in [-0.25, -0.2) is 0 Å². The first-order valence-electron chi connectivity index (χ1n) is 6.50. The third-order valence-electron chi connectivity index (χ3n) is 2.99. The van der Waals surface area contributed by atoms with Crippen LogP contribution in [0.3, 0.4) is 0 Å². The summed E-state index contributed by atoms with van der Waals surface area (Å²) in [4.78, 5) is 0. The molecule has 0 amide bonds. The molecule has 2 aliphatic rings. The highest BCUT2D eigenvalue weighted by molar-refractivity contribution is 5.32. The van der Waals surface area contributed by atoms with Crippen molar-refractivity contribution in [2.45, 2.75) is 25.4 Å². The second-order valence-corrected chi connectivity index (χ2v) is 4.95. The standard InChI is InChI=1S/C14H18O5/c15-12-2-10(4-16-6-13-8-18-13)1-11(3-12)5-17-7-14-9-19-14/h1-3,13-15H,4-9H2. The Morgan fingerprint density at radius 2 is 1.42 bits per heavy atom. The second-order valence-electron chi connectivity index (χ2n) is 4.95. The van der Waals surface area contributed by atoms with E-state index in [0.29, 0.717) is 26.4 Å². The molecule has 5 nitrogen and oxygen atoms in total. The van der Waals surface area contributed by atoms with Gasteiger partial charge in [-0.1, -0.05) is 6.07 Å². The van der Waals surface area contributed by atoms with Gasteiger partial charge in [0.05, 0.1) is 39.6 Å². The smallest absolute Gasteiger partial charge is 0.116 e. The van der Waals surface area contributed by atoms with Crippen molar-refractivity contribution in [3.05, 3.63) is 29.3 Å². The van der Waals surface area contributed by atoms with Crippen LogP contribution >= 0.6 is 0 Å². The van der Waals surface area contributed by atoms with Crippen molar-refractivity contribution in [3.63, 3.8) is 0 Å². The van der Waals surface area contributed by atoms with Crippen LogP contribution in [-0.4, -0.2) is 43.7 Å². The molecule has 2 saturated heterocycles. The van der Waals surface area contributed by atoms with Gasteiger partial charge >= 0.3 is 0 Å². The van der Waals surface area contributed by atoms with Crippen LogP contribution in [0.25, 0.3) is 0 Å². The summed E-state index contributed by atoms with van der Waals surface area (Å²) in [6.07, 6.45) is 0.525. The molecule has 0 saturated carbocycles. The predicted molar refractivity (Wildman–Crippen MR) is 66.9 cm³/mol. The third-order valence-corrected chi connectivity index (χ3v) is 2.99. The van der Waals surface area contributed by atoms with E-state index >= 15 is 0 Å². The van der Waals surface area contributed by atoms with Crippen molar-refractivity contribution in [1.82, 2.24) is 0 Å². The highest BCUT2D eigenvalue weighted by Gasteiger charge is 2.23. The lowest BCUT2D eigenvalue weighted by Gasteiger charge is -2.08. The Morgan fingerprint density at radius 3 is 1.84 bits per heavy atom. The minimum atomic E-state index is 0.241. The fraction of sp³-hybridized carbons (Fsp3) is 0.571. The van der Waals surface area contributed by atoms with Crippen LogP contribution in [0.1, 0.15) is 11.1 Å². The molecule has 104 valence electrons. The number of phenols is 1. The van der Waals surface area contributed by atoms with Gasteiger partial charge in [-0.05, 0) is 23.3 Å². The molecule has 1 aromatic carbocycles. The zero-order valence-electron chi connectivity index (χ0n) is 10.7. The maximum atomic E-state index is 9.68. The maximum absolute atomic E-state index is 9.68. The molecule has 2 fully saturated rings. The van der Waals surface area contributed by atoms with Crippen molar-refractivity contribution in [2.75, 3.05) is 26.4 Å². The van der Waals surface area contributed by atoms with E-state index in [9.17, 15) is 5.11 Å². The van der Waals surface area contributed by atoms with E-state index in [1.807, 2.05) is 6.07 Å². The average Bonchev–Trinajstić information content (AvgIpc) is 3.23. The van der Waals surface area contributed by atoms with Gasteiger partial charge < -0.3 is 24.1 Å². The summed E-state index contributed by atoms with van der Waals surface area (Å²) in [5, 5.41) is 9.68. The van der Waals surface area contributed by atoms with Gasteiger partial charge in [-0.2, -0.15) is 0 Å². The normalized spacial score (nSPS) is 24.4. The highest BCUT2D eigenvalue weighted by Crippen LogP contribution is 2.19. The molecule has 2 unspecified atom stereocenters. The molecular weight excluding hydrogens is 248 g/mol. The molecule has 5 heteroatoms. The Balaban J connectivity index is 1.48. The van der Waals surface area contributed by atoms with Crippen molar-refractivity contribution in [1.29, 1.82) is 0 Å². The van der Waals surface area contributed by atoms with Gasteiger partial charge in [0.15, 0.2) is 0 Å². The summed E-state index contributed by atoms with van der Waals surface area (Å²) < 4.78 is 21.2. The lowest BCUT2D eigenvalue weighted by molar-refractivity contribution is 0.100. The molecule has 0 aliphatic carbocycles. The predicted octanol–water partition coefficient (Wildman–Crippen LogP) is 1.22. The lowest BCUT2D eigenvalue weighted by Crippen LogP contribution is -2.03. The summed E-state index contributed by atoms with van der Waals surface area (Å²) in [5.74, 6) is 0.241. The molecule has 1 N–H and O–H groups in total. The first-order valence-corrected chi connectivity index (χ1v) is 6.50. The summed E-state index contributed by atoms with van der Waals surface area (Å²) in [7, 11) is 0. The highest BCUT2D eigenvalue weighted by atomic mass is 16.6. The largest absolute Gasteiger partial charge is 0.508 e. The van der Waals surface area contributed by atoms with Crippen LogP contribution in [-0.2, 0) is 32.2 Å². The van der Waals surface area contributed by atoms with Crippen molar-refractivity contribution in [2.24, 2.45) is 0 Å². The van der Waals surface area contributed by atoms with E-state index in [1.54, 1.807) is 12.1 Å². The van der Waals surface area contributed by atoms with Crippen LogP contribution in [0.4, 0.5) is 0 Å². The van der Waals surface area contributed by atoms with Gasteiger partial charge in [0.2, 0.25) is 0 Å². The average molecular weight is 266 g/mol. The SMILES string of the molecule is Oc1cc(COCC2CO2)cc(COCC2CO2)c1. The third kappa shape index (κ3) is 4.47. The van der Waals surface area contributed by atoms with E-state index in [-0.39, 0.29) is 18.0 Å². The Hall–Kier alpha value is -1.14. The van der Waals surface area contributed by atoms with Crippen molar-refractivity contribution >= 4 is 0 Å². The lowest BCUT2D eigenvalue weighted by atomic mass is 10.1. The van der Waals surface area contributed by atoms with Crippen molar-refractivity contribution < 1.29 is 24.1 Å². The van der Waals surface area contributed by atoms with Gasteiger partial charge in [-0.15, -0.1) is 0 Å². The van der Waals surface area contributed by atoms with E-state index in [0.717, 1.165) is 24.3 Å². The zero-order valence-corrected chi connectivity index (χ0v) is 10.7. The molecule has 0 radical (unpaired) electrons. The second kappa shape index (κ2) is 5.88. The number of ether oxygens (including phenoxy) is 4. The molecule has 2 aliphatic heterocycles. The fourth-order valence-electron chi connectivity index (χ4n) is 1.85. The van der Waals surface area contributed by atoms with Gasteiger partial charge in [0.25, 0.3) is 0 Å². The Morgan fingerprint density at radius 1 is 0.947 bits per heavy atom. The van der Waals surface area contributed by atoms with Crippen LogP contribution < -0.4 is 0 Å². The van der Waals surface area contributed by atoms with Gasteiger partial charge in [-0.3, -0.25) is 0 Å². The minimum absolute atomic E-state index is 0.241. The van der Waals surface area contributed by atoms with Crippen LogP contribution in [0.2, 0.25) is 0 Å². The van der Waals surface area contributed by atoms with Crippen LogP contribution in [0, 0.1) is 0 Å². The first kappa shape index (κ1) is 12.9. The Bertz CT molecular complexity index is 390. The molecule has 0 bridgehead atoms. The maximum Gasteiger partial charge on any atom is 0.116 e. The van der Waals surface area contributed by atoms with Gasteiger partial charge in [0, 0.05) is 0 Å². The summed E-state index contributed by atoms with van der Waals surface area (Å²) in [6, 6.07) is 5.41.